The second-order valence-corrected chi connectivity index (χ2v) is 5.17. The van der Waals surface area contributed by atoms with Crippen LogP contribution < -0.4 is 0 Å². The van der Waals surface area contributed by atoms with E-state index in [1.54, 1.807) is 24.1 Å². The van der Waals surface area contributed by atoms with E-state index < -0.39 is 0 Å². The monoisotopic (exact) mass is 296 g/mol. The van der Waals surface area contributed by atoms with E-state index in [9.17, 15) is 9.59 Å². The summed E-state index contributed by atoms with van der Waals surface area (Å²) in [5, 5.41) is 9.13. The Morgan fingerprint density at radius 1 is 1.52 bits per heavy atom. The van der Waals surface area contributed by atoms with Crippen LogP contribution in [0.25, 0.3) is 0 Å². The van der Waals surface area contributed by atoms with Gasteiger partial charge in [0.15, 0.2) is 5.76 Å². The van der Waals surface area contributed by atoms with Crippen molar-refractivity contribution in [1.82, 2.24) is 9.80 Å². The number of hydrogen-bond donors (Lipinski definition) is 1. The Morgan fingerprint density at radius 3 is 2.90 bits per heavy atom. The minimum atomic E-state index is -0.365. The van der Waals surface area contributed by atoms with Gasteiger partial charge in [-0.15, -0.1) is 0 Å². The fourth-order valence-electron chi connectivity index (χ4n) is 2.23. The minimum absolute atomic E-state index is 0.0397. The molecule has 2 atom stereocenters. The predicted molar refractivity (Wildman–Crippen MR) is 73.7 cm³/mol. The molecule has 2 rings (SSSR count). The number of morpholine rings is 1. The third-order valence-corrected chi connectivity index (χ3v) is 3.48. The standard InChI is InChI=1S/C14H20N2O5/c1-10-9-21-11(8-17)6-16(10)13(18)7-15(2)14(19)12-4-3-5-20-12/h3-5,10-11,17H,6-9H2,1-2H3. The van der Waals surface area contributed by atoms with Crippen LogP contribution >= 0.6 is 0 Å². The number of amides is 2. The van der Waals surface area contributed by atoms with Crippen molar-refractivity contribution in [3.8, 4) is 0 Å². The molecule has 7 heteroatoms. The number of likely N-dealkylation sites (N-methyl/N-ethyl adjacent to an activating group) is 1. The Hall–Kier alpha value is -1.86. The van der Waals surface area contributed by atoms with E-state index >= 15 is 0 Å². The first-order chi connectivity index (χ1) is 10.0. The van der Waals surface area contributed by atoms with Crippen molar-refractivity contribution in [2.24, 2.45) is 0 Å². The van der Waals surface area contributed by atoms with Gasteiger partial charge in [0.25, 0.3) is 5.91 Å². The highest BCUT2D eigenvalue weighted by molar-refractivity contribution is 5.94. The second-order valence-electron chi connectivity index (χ2n) is 5.17. The average molecular weight is 296 g/mol. The number of aliphatic hydroxyl groups is 1. The lowest BCUT2D eigenvalue weighted by atomic mass is 10.2. The number of carbonyl (C=O) groups is 2. The lowest BCUT2D eigenvalue weighted by molar-refractivity contribution is -0.146. The lowest BCUT2D eigenvalue weighted by Crippen LogP contribution is -2.54. The zero-order chi connectivity index (χ0) is 15.4. The molecule has 1 N–H and O–H groups in total. The molecule has 0 spiro atoms. The molecule has 1 aliphatic heterocycles. The molecule has 2 unspecified atom stereocenters. The largest absolute Gasteiger partial charge is 0.459 e. The molecule has 2 amide bonds. The van der Waals surface area contributed by atoms with Gasteiger partial charge in [0.2, 0.25) is 5.91 Å². The highest BCUT2D eigenvalue weighted by atomic mass is 16.5. The average Bonchev–Trinajstić information content (AvgIpc) is 3.00. The van der Waals surface area contributed by atoms with Crippen molar-refractivity contribution in [3.63, 3.8) is 0 Å². The SMILES string of the molecule is CC1COC(CO)CN1C(=O)CN(C)C(=O)c1ccco1. The van der Waals surface area contributed by atoms with Crippen LogP contribution in [-0.2, 0) is 9.53 Å². The molecule has 0 aromatic carbocycles. The predicted octanol–water partition coefficient (Wildman–Crippen LogP) is -0.0402. The third kappa shape index (κ3) is 3.62. The summed E-state index contributed by atoms with van der Waals surface area (Å²) in [7, 11) is 1.55. The summed E-state index contributed by atoms with van der Waals surface area (Å²) in [5.74, 6) is -0.312. The van der Waals surface area contributed by atoms with E-state index in [0.29, 0.717) is 13.2 Å². The fraction of sp³-hybridized carbons (Fsp3) is 0.571. The topological polar surface area (TPSA) is 83.2 Å². The highest BCUT2D eigenvalue weighted by Gasteiger charge is 2.30. The lowest BCUT2D eigenvalue weighted by Gasteiger charge is -2.38. The van der Waals surface area contributed by atoms with Crippen LogP contribution in [0.4, 0.5) is 0 Å². The van der Waals surface area contributed by atoms with Crippen molar-refractivity contribution < 1.29 is 23.8 Å². The molecule has 1 fully saturated rings. The van der Waals surface area contributed by atoms with Crippen molar-refractivity contribution in [2.45, 2.75) is 19.1 Å². The van der Waals surface area contributed by atoms with Crippen molar-refractivity contribution in [1.29, 1.82) is 0 Å². The molecule has 116 valence electrons. The molecule has 1 saturated heterocycles. The summed E-state index contributed by atoms with van der Waals surface area (Å²) in [6.45, 7) is 2.42. The van der Waals surface area contributed by atoms with Crippen molar-refractivity contribution >= 4 is 11.8 Å². The molecule has 1 aliphatic rings. The van der Waals surface area contributed by atoms with Gasteiger partial charge in [0, 0.05) is 13.6 Å². The Labute approximate surface area is 123 Å². The summed E-state index contributed by atoms with van der Waals surface area (Å²) < 4.78 is 10.4. The van der Waals surface area contributed by atoms with Gasteiger partial charge in [-0.2, -0.15) is 0 Å². The van der Waals surface area contributed by atoms with Gasteiger partial charge in [-0.05, 0) is 19.1 Å². The number of hydrogen-bond acceptors (Lipinski definition) is 5. The number of carbonyl (C=O) groups excluding carboxylic acids is 2. The Kier molecular flexibility index (Phi) is 4.98. The quantitative estimate of drug-likeness (QED) is 0.843. The molecule has 1 aromatic rings. The number of ether oxygens (including phenoxy) is 1. The molecule has 0 aliphatic carbocycles. The van der Waals surface area contributed by atoms with Gasteiger partial charge in [-0.3, -0.25) is 9.59 Å². The normalized spacial score (nSPS) is 22.1. The molecule has 2 heterocycles. The van der Waals surface area contributed by atoms with E-state index in [0.717, 1.165) is 0 Å². The fourth-order valence-corrected chi connectivity index (χ4v) is 2.23. The maximum Gasteiger partial charge on any atom is 0.289 e. The van der Waals surface area contributed by atoms with Gasteiger partial charge < -0.3 is 24.1 Å². The Balaban J connectivity index is 1.95. The molecule has 21 heavy (non-hydrogen) atoms. The first-order valence-corrected chi connectivity index (χ1v) is 6.83. The summed E-state index contributed by atoms with van der Waals surface area (Å²) in [6, 6.07) is 3.11. The molecular weight excluding hydrogens is 276 g/mol. The third-order valence-electron chi connectivity index (χ3n) is 3.48. The summed E-state index contributed by atoms with van der Waals surface area (Å²) in [5.41, 5.74) is 0. The number of rotatable bonds is 4. The highest BCUT2D eigenvalue weighted by Crippen LogP contribution is 2.12. The maximum atomic E-state index is 12.3. The van der Waals surface area contributed by atoms with Crippen LogP contribution in [0.15, 0.2) is 22.8 Å². The van der Waals surface area contributed by atoms with Gasteiger partial charge in [-0.1, -0.05) is 0 Å². The summed E-state index contributed by atoms with van der Waals surface area (Å²) >= 11 is 0. The molecule has 0 bridgehead atoms. The zero-order valence-corrected chi connectivity index (χ0v) is 12.2. The number of nitrogens with zero attached hydrogens (tertiary/aromatic N) is 2. The number of aliphatic hydroxyl groups excluding tert-OH is 1. The Bertz CT molecular complexity index is 488. The Morgan fingerprint density at radius 2 is 2.29 bits per heavy atom. The van der Waals surface area contributed by atoms with E-state index in [1.165, 1.54) is 11.2 Å². The van der Waals surface area contributed by atoms with Crippen LogP contribution in [0.1, 0.15) is 17.5 Å². The zero-order valence-electron chi connectivity index (χ0n) is 12.2. The van der Waals surface area contributed by atoms with Crippen LogP contribution in [0.3, 0.4) is 0 Å². The number of furan rings is 1. The van der Waals surface area contributed by atoms with Crippen LogP contribution in [-0.4, -0.2) is 72.2 Å². The van der Waals surface area contributed by atoms with E-state index in [4.69, 9.17) is 14.3 Å². The van der Waals surface area contributed by atoms with Gasteiger partial charge in [0.05, 0.1) is 38.2 Å². The first-order valence-electron chi connectivity index (χ1n) is 6.83. The maximum absolute atomic E-state index is 12.3. The van der Waals surface area contributed by atoms with Crippen molar-refractivity contribution in [3.05, 3.63) is 24.2 Å². The van der Waals surface area contributed by atoms with Crippen LogP contribution in [0.2, 0.25) is 0 Å². The molecule has 7 nitrogen and oxygen atoms in total. The van der Waals surface area contributed by atoms with Crippen LogP contribution in [0, 0.1) is 0 Å². The minimum Gasteiger partial charge on any atom is -0.459 e. The van der Waals surface area contributed by atoms with Gasteiger partial charge in [-0.25, -0.2) is 0 Å². The van der Waals surface area contributed by atoms with E-state index in [2.05, 4.69) is 0 Å². The van der Waals surface area contributed by atoms with Crippen molar-refractivity contribution in [2.75, 3.05) is 33.4 Å². The molecule has 0 radical (unpaired) electrons. The first kappa shape index (κ1) is 15.5. The van der Waals surface area contributed by atoms with E-state index in [1.807, 2.05) is 6.92 Å². The van der Waals surface area contributed by atoms with Gasteiger partial charge >= 0.3 is 0 Å². The summed E-state index contributed by atoms with van der Waals surface area (Å²) in [6.07, 6.45) is 1.05. The molecule has 0 saturated carbocycles. The summed E-state index contributed by atoms with van der Waals surface area (Å²) in [4.78, 5) is 27.3. The van der Waals surface area contributed by atoms with Gasteiger partial charge in [0.1, 0.15) is 0 Å². The molecular formula is C14H20N2O5. The van der Waals surface area contributed by atoms with Crippen LogP contribution in [0.5, 0.6) is 0 Å². The molecule has 1 aromatic heterocycles. The van der Waals surface area contributed by atoms with E-state index in [-0.39, 0.29) is 42.9 Å². The second kappa shape index (κ2) is 6.73. The smallest absolute Gasteiger partial charge is 0.289 e.